The van der Waals surface area contributed by atoms with Crippen LogP contribution in [-0.4, -0.2) is 22.2 Å². The van der Waals surface area contributed by atoms with E-state index in [1.807, 2.05) is 19.1 Å². The highest BCUT2D eigenvalue weighted by Crippen LogP contribution is 2.35. The average Bonchev–Trinajstić information content (AvgIpc) is 2.34. The van der Waals surface area contributed by atoms with Gasteiger partial charge < -0.3 is 16.2 Å². The van der Waals surface area contributed by atoms with Crippen molar-refractivity contribution in [1.29, 1.82) is 0 Å². The maximum atomic E-state index is 9.75. The quantitative estimate of drug-likeness (QED) is 0.769. The highest BCUT2D eigenvalue weighted by atomic mass is 16.3. The molecule has 0 aliphatic heterocycles. The van der Waals surface area contributed by atoms with Gasteiger partial charge in [0.2, 0.25) is 0 Å². The minimum absolute atomic E-state index is 0.131. The van der Waals surface area contributed by atoms with Crippen molar-refractivity contribution >= 4 is 11.5 Å². The molecule has 1 aliphatic carbocycles. The molecule has 4 nitrogen and oxygen atoms in total. The SMILES string of the molecule is Cc1ccc(N)c(NC2(CO)CCCC(C)C2)n1. The molecule has 0 amide bonds. The molecule has 1 heterocycles. The van der Waals surface area contributed by atoms with Gasteiger partial charge in [0.1, 0.15) is 5.82 Å². The van der Waals surface area contributed by atoms with Gasteiger partial charge in [-0.25, -0.2) is 4.98 Å². The van der Waals surface area contributed by atoms with Gasteiger partial charge in [0.15, 0.2) is 0 Å². The Bertz CT molecular complexity index is 422. The minimum Gasteiger partial charge on any atom is -0.396 e. The molecule has 0 aromatic carbocycles. The number of nitrogens with two attached hydrogens (primary N) is 1. The molecule has 2 unspecified atom stereocenters. The van der Waals surface area contributed by atoms with Crippen molar-refractivity contribution in [3.63, 3.8) is 0 Å². The summed E-state index contributed by atoms with van der Waals surface area (Å²) in [7, 11) is 0. The Morgan fingerprint density at radius 3 is 3.00 bits per heavy atom. The number of hydrogen-bond acceptors (Lipinski definition) is 4. The molecule has 1 aromatic rings. The number of aryl methyl sites for hydroxylation is 1. The van der Waals surface area contributed by atoms with Gasteiger partial charge in [0, 0.05) is 5.69 Å². The van der Waals surface area contributed by atoms with Crippen molar-refractivity contribution in [2.24, 2.45) is 5.92 Å². The van der Waals surface area contributed by atoms with Crippen molar-refractivity contribution in [3.05, 3.63) is 17.8 Å². The van der Waals surface area contributed by atoms with Crippen molar-refractivity contribution in [2.45, 2.75) is 45.1 Å². The summed E-state index contributed by atoms with van der Waals surface area (Å²) in [6.45, 7) is 4.31. The number of rotatable bonds is 3. The summed E-state index contributed by atoms with van der Waals surface area (Å²) < 4.78 is 0. The number of anilines is 2. The first kappa shape index (κ1) is 13.1. The smallest absolute Gasteiger partial charge is 0.149 e. The van der Waals surface area contributed by atoms with E-state index in [-0.39, 0.29) is 12.1 Å². The van der Waals surface area contributed by atoms with Crippen molar-refractivity contribution in [3.8, 4) is 0 Å². The summed E-state index contributed by atoms with van der Waals surface area (Å²) in [5.74, 6) is 1.34. The zero-order valence-corrected chi connectivity index (χ0v) is 11.2. The molecule has 0 saturated heterocycles. The zero-order chi connectivity index (χ0) is 13.2. The number of aromatic nitrogens is 1. The number of nitrogens with one attached hydrogen (secondary N) is 1. The molecule has 100 valence electrons. The summed E-state index contributed by atoms with van der Waals surface area (Å²) >= 11 is 0. The predicted molar refractivity (Wildman–Crippen MR) is 74.5 cm³/mol. The van der Waals surface area contributed by atoms with E-state index < -0.39 is 0 Å². The molecular weight excluding hydrogens is 226 g/mol. The highest BCUT2D eigenvalue weighted by molar-refractivity contribution is 5.62. The monoisotopic (exact) mass is 249 g/mol. The maximum Gasteiger partial charge on any atom is 0.149 e. The third-order valence-electron chi connectivity index (χ3n) is 3.84. The second kappa shape index (κ2) is 5.14. The fourth-order valence-corrected chi connectivity index (χ4v) is 2.88. The molecule has 0 bridgehead atoms. The fraction of sp³-hybridized carbons (Fsp3) is 0.643. The number of nitrogens with zero attached hydrogens (tertiary/aromatic N) is 1. The number of nitrogen functional groups attached to an aromatic ring is 1. The van der Waals surface area contributed by atoms with Crippen LogP contribution in [0.4, 0.5) is 11.5 Å². The summed E-state index contributed by atoms with van der Waals surface area (Å²) in [6, 6.07) is 3.76. The van der Waals surface area contributed by atoms with Crippen molar-refractivity contribution < 1.29 is 5.11 Å². The first-order chi connectivity index (χ1) is 8.54. The molecule has 0 spiro atoms. The van der Waals surface area contributed by atoms with E-state index in [1.165, 1.54) is 6.42 Å². The fourth-order valence-electron chi connectivity index (χ4n) is 2.88. The van der Waals surface area contributed by atoms with E-state index in [4.69, 9.17) is 5.73 Å². The van der Waals surface area contributed by atoms with E-state index in [0.29, 0.717) is 17.4 Å². The Hall–Kier alpha value is -1.29. The van der Waals surface area contributed by atoms with Gasteiger partial charge in [-0.05, 0) is 37.8 Å². The van der Waals surface area contributed by atoms with Gasteiger partial charge in [-0.2, -0.15) is 0 Å². The van der Waals surface area contributed by atoms with Crippen LogP contribution in [0.2, 0.25) is 0 Å². The lowest BCUT2D eigenvalue weighted by Gasteiger charge is -2.40. The molecule has 1 aliphatic rings. The topological polar surface area (TPSA) is 71.2 Å². The number of aliphatic hydroxyl groups excluding tert-OH is 1. The van der Waals surface area contributed by atoms with Gasteiger partial charge in [-0.3, -0.25) is 0 Å². The van der Waals surface area contributed by atoms with Crippen LogP contribution in [0.5, 0.6) is 0 Å². The summed E-state index contributed by atoms with van der Waals surface area (Å²) in [5.41, 5.74) is 7.27. The van der Waals surface area contributed by atoms with Gasteiger partial charge >= 0.3 is 0 Å². The first-order valence-corrected chi connectivity index (χ1v) is 6.67. The molecule has 18 heavy (non-hydrogen) atoms. The van der Waals surface area contributed by atoms with E-state index in [2.05, 4.69) is 17.2 Å². The number of pyridine rings is 1. The van der Waals surface area contributed by atoms with E-state index in [9.17, 15) is 5.11 Å². The van der Waals surface area contributed by atoms with E-state index in [1.54, 1.807) is 0 Å². The van der Waals surface area contributed by atoms with Crippen LogP contribution >= 0.6 is 0 Å². The molecule has 1 fully saturated rings. The summed E-state index contributed by atoms with van der Waals surface area (Å²) in [4.78, 5) is 4.44. The van der Waals surface area contributed by atoms with Gasteiger partial charge in [-0.1, -0.05) is 19.8 Å². The Balaban J connectivity index is 2.21. The van der Waals surface area contributed by atoms with Gasteiger partial charge in [0.05, 0.1) is 17.8 Å². The number of hydrogen-bond donors (Lipinski definition) is 3. The Morgan fingerprint density at radius 2 is 2.33 bits per heavy atom. The average molecular weight is 249 g/mol. The highest BCUT2D eigenvalue weighted by Gasteiger charge is 2.35. The third-order valence-corrected chi connectivity index (χ3v) is 3.84. The Labute approximate surface area is 109 Å². The van der Waals surface area contributed by atoms with Crippen LogP contribution in [0.3, 0.4) is 0 Å². The van der Waals surface area contributed by atoms with Gasteiger partial charge in [0.25, 0.3) is 0 Å². The van der Waals surface area contributed by atoms with Crippen LogP contribution in [0.25, 0.3) is 0 Å². The van der Waals surface area contributed by atoms with Crippen LogP contribution in [0.1, 0.15) is 38.3 Å². The lowest BCUT2D eigenvalue weighted by atomic mass is 9.77. The second-order valence-corrected chi connectivity index (χ2v) is 5.66. The van der Waals surface area contributed by atoms with Crippen LogP contribution < -0.4 is 11.1 Å². The molecule has 1 aromatic heterocycles. The normalized spacial score (nSPS) is 28.1. The Kier molecular flexibility index (Phi) is 3.76. The van der Waals surface area contributed by atoms with Crippen LogP contribution in [0, 0.1) is 12.8 Å². The zero-order valence-electron chi connectivity index (χ0n) is 11.2. The minimum atomic E-state index is -0.257. The lowest BCUT2D eigenvalue weighted by molar-refractivity contribution is 0.149. The third kappa shape index (κ3) is 2.75. The maximum absolute atomic E-state index is 9.75. The van der Waals surface area contributed by atoms with Gasteiger partial charge in [-0.15, -0.1) is 0 Å². The second-order valence-electron chi connectivity index (χ2n) is 5.66. The molecule has 0 radical (unpaired) electrons. The van der Waals surface area contributed by atoms with Crippen molar-refractivity contribution in [2.75, 3.05) is 17.7 Å². The van der Waals surface area contributed by atoms with E-state index in [0.717, 1.165) is 25.0 Å². The molecule has 1 saturated carbocycles. The molecule has 2 atom stereocenters. The molecule has 2 rings (SSSR count). The summed E-state index contributed by atoms with van der Waals surface area (Å²) in [5, 5.41) is 13.1. The van der Waals surface area contributed by atoms with Crippen LogP contribution in [-0.2, 0) is 0 Å². The predicted octanol–water partition coefficient (Wildman–Crippen LogP) is 2.33. The standard InChI is InChI=1S/C14H23N3O/c1-10-4-3-7-14(8-10,9-18)17-13-12(15)6-5-11(2)16-13/h5-6,10,18H,3-4,7-9,15H2,1-2H3,(H,16,17). The first-order valence-electron chi connectivity index (χ1n) is 6.67. The largest absolute Gasteiger partial charge is 0.396 e. The molecule has 4 heteroatoms. The lowest BCUT2D eigenvalue weighted by Crippen LogP contribution is -2.46. The van der Waals surface area contributed by atoms with E-state index >= 15 is 0 Å². The van der Waals surface area contributed by atoms with Crippen molar-refractivity contribution in [1.82, 2.24) is 4.98 Å². The molecule has 4 N–H and O–H groups in total. The Morgan fingerprint density at radius 1 is 1.56 bits per heavy atom. The summed E-state index contributed by atoms with van der Waals surface area (Å²) in [6.07, 6.45) is 4.32. The number of aliphatic hydroxyl groups is 1. The molecular formula is C14H23N3O. The van der Waals surface area contributed by atoms with Crippen LogP contribution in [0.15, 0.2) is 12.1 Å².